The Balaban J connectivity index is 1.61. The van der Waals surface area contributed by atoms with Gasteiger partial charge in [0.1, 0.15) is 5.60 Å². The van der Waals surface area contributed by atoms with Crippen molar-refractivity contribution in [2.24, 2.45) is 33.5 Å². The Morgan fingerprint density at radius 3 is 2.37 bits per heavy atom. The molecule has 168 valence electrons. The molecule has 5 rings (SSSR count). The molecule has 3 fully saturated rings. The van der Waals surface area contributed by atoms with Crippen molar-refractivity contribution in [2.75, 3.05) is 6.61 Å². The third kappa shape index (κ3) is 2.14. The average molecular weight is 417 g/mol. The van der Waals surface area contributed by atoms with Crippen LogP contribution in [-0.4, -0.2) is 34.5 Å². The summed E-state index contributed by atoms with van der Waals surface area (Å²) in [5, 5.41) is 21.1. The second-order valence-corrected chi connectivity index (χ2v) is 12.3. The van der Waals surface area contributed by atoms with Gasteiger partial charge in [0.2, 0.25) is 0 Å². The standard InChI is InChI=1S/C26H40O4/c1-16-14-21(29)30-26(16)13-12-24(4)18-6-7-19-22(2,17(18)8-11-25(24,26)5)10-9-20(28)23(19,3)15-27/h16,19-20,27-28H,6-15H2,1-5H3/t16-,19+,20+,22-,23-,24+,25+,26+/m1/s1. The van der Waals surface area contributed by atoms with Crippen LogP contribution in [0.15, 0.2) is 11.1 Å². The molecule has 1 spiro atoms. The number of hydrogen-bond donors (Lipinski definition) is 2. The maximum Gasteiger partial charge on any atom is 0.306 e. The monoisotopic (exact) mass is 416 g/mol. The molecule has 1 aliphatic heterocycles. The number of rotatable bonds is 1. The summed E-state index contributed by atoms with van der Waals surface area (Å²) in [4.78, 5) is 12.3. The van der Waals surface area contributed by atoms with Crippen molar-refractivity contribution in [3.05, 3.63) is 11.1 Å². The van der Waals surface area contributed by atoms with Crippen LogP contribution in [-0.2, 0) is 9.53 Å². The van der Waals surface area contributed by atoms with E-state index < -0.39 is 11.5 Å². The predicted molar refractivity (Wildman–Crippen MR) is 116 cm³/mol. The summed E-state index contributed by atoms with van der Waals surface area (Å²) in [6.45, 7) is 11.7. The van der Waals surface area contributed by atoms with E-state index in [0.717, 1.165) is 51.4 Å². The van der Waals surface area contributed by atoms with Gasteiger partial charge in [-0.05, 0) is 68.1 Å². The smallest absolute Gasteiger partial charge is 0.306 e. The van der Waals surface area contributed by atoms with Gasteiger partial charge in [-0.15, -0.1) is 0 Å². The summed E-state index contributed by atoms with van der Waals surface area (Å²) in [5.41, 5.74) is 2.65. The number of carbonyl (C=O) groups excluding carboxylic acids is 1. The number of hydrogen-bond acceptors (Lipinski definition) is 4. The first-order chi connectivity index (χ1) is 14.0. The number of fused-ring (bicyclic) bond motifs is 5. The van der Waals surface area contributed by atoms with E-state index in [4.69, 9.17) is 4.74 Å². The Kier molecular flexibility index (Phi) is 4.29. The Bertz CT molecular complexity index is 818. The molecule has 0 aromatic carbocycles. The molecule has 4 nitrogen and oxygen atoms in total. The van der Waals surface area contributed by atoms with Crippen LogP contribution in [0.5, 0.6) is 0 Å². The van der Waals surface area contributed by atoms with Crippen LogP contribution in [0.3, 0.4) is 0 Å². The third-order valence-electron chi connectivity index (χ3n) is 11.6. The molecule has 2 saturated carbocycles. The Morgan fingerprint density at radius 2 is 1.73 bits per heavy atom. The van der Waals surface area contributed by atoms with Gasteiger partial charge in [-0.1, -0.05) is 45.8 Å². The van der Waals surface area contributed by atoms with Gasteiger partial charge in [-0.3, -0.25) is 4.79 Å². The fraction of sp³-hybridized carbons (Fsp3) is 0.885. The summed E-state index contributed by atoms with van der Waals surface area (Å²) in [5.74, 6) is 0.598. The van der Waals surface area contributed by atoms with E-state index in [9.17, 15) is 15.0 Å². The number of ether oxygens (including phenoxy) is 1. The number of carbonyl (C=O) groups is 1. The highest BCUT2D eigenvalue weighted by molar-refractivity contribution is 5.73. The number of esters is 1. The summed E-state index contributed by atoms with van der Waals surface area (Å²) in [6, 6.07) is 0. The quantitative estimate of drug-likeness (QED) is 0.477. The average Bonchev–Trinajstić information content (AvgIpc) is 3.13. The Labute approximate surface area is 181 Å². The zero-order valence-corrected chi connectivity index (χ0v) is 19.5. The van der Waals surface area contributed by atoms with E-state index in [2.05, 4.69) is 34.6 Å². The number of aliphatic hydroxyl groups excluding tert-OH is 2. The summed E-state index contributed by atoms with van der Waals surface area (Å²) >= 11 is 0. The van der Waals surface area contributed by atoms with Gasteiger partial charge in [0.15, 0.2) is 0 Å². The van der Waals surface area contributed by atoms with Crippen LogP contribution in [0.1, 0.15) is 92.4 Å². The second-order valence-electron chi connectivity index (χ2n) is 12.3. The van der Waals surface area contributed by atoms with Crippen LogP contribution in [0, 0.1) is 33.5 Å². The lowest BCUT2D eigenvalue weighted by molar-refractivity contribution is -0.169. The molecular formula is C26H40O4. The fourth-order valence-corrected chi connectivity index (χ4v) is 9.47. The molecule has 8 atom stereocenters. The summed E-state index contributed by atoms with van der Waals surface area (Å²) in [6.07, 6.45) is 8.24. The van der Waals surface area contributed by atoms with Crippen LogP contribution in [0.2, 0.25) is 0 Å². The molecule has 0 amide bonds. The van der Waals surface area contributed by atoms with Crippen LogP contribution < -0.4 is 0 Å². The minimum atomic E-state index is -0.417. The fourth-order valence-electron chi connectivity index (χ4n) is 9.47. The Morgan fingerprint density at radius 1 is 1.00 bits per heavy atom. The largest absolute Gasteiger partial charge is 0.458 e. The van der Waals surface area contributed by atoms with Crippen molar-refractivity contribution in [3.8, 4) is 0 Å². The second kappa shape index (κ2) is 6.13. The molecular weight excluding hydrogens is 376 g/mol. The minimum Gasteiger partial charge on any atom is -0.458 e. The van der Waals surface area contributed by atoms with Crippen LogP contribution in [0.25, 0.3) is 0 Å². The zero-order valence-electron chi connectivity index (χ0n) is 19.5. The number of allylic oxidation sites excluding steroid dienone is 2. The molecule has 4 aliphatic carbocycles. The number of aliphatic hydroxyl groups is 2. The zero-order chi connectivity index (χ0) is 21.7. The molecule has 0 bridgehead atoms. The van der Waals surface area contributed by atoms with E-state index in [1.54, 1.807) is 11.1 Å². The van der Waals surface area contributed by atoms with E-state index in [1.165, 1.54) is 0 Å². The molecule has 1 heterocycles. The topological polar surface area (TPSA) is 66.8 Å². The van der Waals surface area contributed by atoms with Gasteiger partial charge in [0, 0.05) is 16.7 Å². The third-order valence-corrected chi connectivity index (χ3v) is 11.6. The lowest BCUT2D eigenvalue weighted by atomic mass is 9.42. The summed E-state index contributed by atoms with van der Waals surface area (Å²) < 4.78 is 6.21. The van der Waals surface area contributed by atoms with Crippen molar-refractivity contribution < 1.29 is 19.7 Å². The van der Waals surface area contributed by atoms with Crippen LogP contribution >= 0.6 is 0 Å². The highest BCUT2D eigenvalue weighted by Crippen LogP contribution is 2.74. The SMILES string of the molecule is C[C@@H]1CC(=O)O[C@@]12CC[C@@]1(C)C3=C(CC[C@@]12C)[C@@]1(C)CC[C@H](O)[C@](C)(CO)[C@H]1CC3. The lowest BCUT2D eigenvalue weighted by Gasteiger charge is -2.63. The van der Waals surface area contributed by atoms with Gasteiger partial charge >= 0.3 is 5.97 Å². The first kappa shape index (κ1) is 21.0. The molecule has 4 heteroatoms. The van der Waals surface area contributed by atoms with Gasteiger partial charge in [0.25, 0.3) is 0 Å². The first-order valence-electron chi connectivity index (χ1n) is 12.2. The van der Waals surface area contributed by atoms with Crippen molar-refractivity contribution >= 4 is 5.97 Å². The molecule has 0 aromatic rings. The van der Waals surface area contributed by atoms with E-state index in [0.29, 0.717) is 12.3 Å². The Hall–Kier alpha value is -0.870. The molecule has 30 heavy (non-hydrogen) atoms. The highest BCUT2D eigenvalue weighted by atomic mass is 16.6. The van der Waals surface area contributed by atoms with Gasteiger partial charge in [-0.25, -0.2) is 0 Å². The molecule has 0 unspecified atom stereocenters. The lowest BCUT2D eigenvalue weighted by Crippen LogP contribution is -2.59. The van der Waals surface area contributed by atoms with E-state index in [-0.39, 0.29) is 40.3 Å². The van der Waals surface area contributed by atoms with Gasteiger partial charge < -0.3 is 14.9 Å². The molecule has 2 N–H and O–H groups in total. The maximum atomic E-state index is 12.3. The highest BCUT2D eigenvalue weighted by Gasteiger charge is 2.72. The van der Waals surface area contributed by atoms with Crippen molar-refractivity contribution in [1.29, 1.82) is 0 Å². The van der Waals surface area contributed by atoms with Crippen molar-refractivity contribution in [1.82, 2.24) is 0 Å². The molecule has 1 saturated heterocycles. The van der Waals surface area contributed by atoms with E-state index >= 15 is 0 Å². The van der Waals surface area contributed by atoms with Crippen molar-refractivity contribution in [3.63, 3.8) is 0 Å². The molecule has 5 aliphatic rings. The molecule has 0 aromatic heterocycles. The maximum absolute atomic E-state index is 12.3. The van der Waals surface area contributed by atoms with Gasteiger partial charge in [0.05, 0.1) is 19.1 Å². The first-order valence-corrected chi connectivity index (χ1v) is 12.2. The predicted octanol–water partition coefficient (Wildman–Crippen LogP) is 4.77. The van der Waals surface area contributed by atoms with Gasteiger partial charge in [-0.2, -0.15) is 0 Å². The summed E-state index contributed by atoms with van der Waals surface area (Å²) in [7, 11) is 0. The van der Waals surface area contributed by atoms with E-state index in [1.807, 2.05) is 0 Å². The van der Waals surface area contributed by atoms with Crippen LogP contribution in [0.4, 0.5) is 0 Å². The normalized spacial score (nSPS) is 55.3. The molecule has 0 radical (unpaired) electrons. The van der Waals surface area contributed by atoms with Crippen molar-refractivity contribution in [2.45, 2.75) is 104 Å². The minimum absolute atomic E-state index is 0.0107.